The van der Waals surface area contributed by atoms with Gasteiger partial charge in [-0.3, -0.25) is 0 Å². The number of carbonyl (C=O) groups is 1. The highest BCUT2D eigenvalue weighted by atomic mass is 32.2. The second kappa shape index (κ2) is 8.05. The standard InChI is InChI=1S/C17H23N3O4S2/c1-4-8-24-13-6-5-12(17(2,3)15-19-7-9-25-15)10-14(13)26(22,23)11-20-16(18)21/h5-7,9-10H,4,8,11H2,1-3H3,(H3,18,20,21). The number of benzene rings is 1. The summed E-state index contributed by atoms with van der Waals surface area (Å²) in [6, 6.07) is 4.18. The van der Waals surface area contributed by atoms with E-state index in [2.05, 4.69) is 10.3 Å². The van der Waals surface area contributed by atoms with E-state index >= 15 is 0 Å². The summed E-state index contributed by atoms with van der Waals surface area (Å²) >= 11 is 1.50. The maximum atomic E-state index is 12.7. The minimum atomic E-state index is -3.82. The number of nitrogens with one attached hydrogen (secondary N) is 1. The third kappa shape index (κ3) is 4.53. The minimum Gasteiger partial charge on any atom is -0.492 e. The Bertz CT molecular complexity index is 862. The van der Waals surface area contributed by atoms with E-state index in [1.807, 2.05) is 32.2 Å². The number of primary amides is 1. The summed E-state index contributed by atoms with van der Waals surface area (Å²) < 4.78 is 31.0. The molecule has 0 aliphatic heterocycles. The van der Waals surface area contributed by atoms with E-state index in [1.165, 1.54) is 11.3 Å². The van der Waals surface area contributed by atoms with Gasteiger partial charge >= 0.3 is 6.03 Å². The molecule has 2 aromatic rings. The largest absolute Gasteiger partial charge is 0.492 e. The van der Waals surface area contributed by atoms with Crippen molar-refractivity contribution in [3.63, 3.8) is 0 Å². The number of thiazole rings is 1. The van der Waals surface area contributed by atoms with Crippen LogP contribution in [0.2, 0.25) is 0 Å². The Morgan fingerprint density at radius 3 is 2.69 bits per heavy atom. The number of ether oxygens (including phenoxy) is 1. The molecule has 1 heterocycles. The summed E-state index contributed by atoms with van der Waals surface area (Å²) in [7, 11) is -3.82. The lowest BCUT2D eigenvalue weighted by atomic mass is 9.85. The number of amides is 2. The van der Waals surface area contributed by atoms with Crippen LogP contribution in [0.15, 0.2) is 34.7 Å². The molecule has 1 aromatic heterocycles. The van der Waals surface area contributed by atoms with Crippen LogP contribution in [0, 0.1) is 0 Å². The van der Waals surface area contributed by atoms with E-state index in [4.69, 9.17) is 10.5 Å². The number of hydrogen-bond donors (Lipinski definition) is 2. The van der Waals surface area contributed by atoms with Crippen molar-refractivity contribution >= 4 is 27.2 Å². The van der Waals surface area contributed by atoms with Crippen molar-refractivity contribution in [2.24, 2.45) is 5.73 Å². The highest BCUT2D eigenvalue weighted by molar-refractivity contribution is 7.91. The van der Waals surface area contributed by atoms with Crippen LogP contribution in [-0.4, -0.2) is 31.9 Å². The first-order valence-electron chi connectivity index (χ1n) is 8.12. The second-order valence-corrected chi connectivity index (χ2v) is 9.12. The molecule has 26 heavy (non-hydrogen) atoms. The number of urea groups is 1. The third-order valence-electron chi connectivity index (χ3n) is 3.87. The lowest BCUT2D eigenvalue weighted by Gasteiger charge is -2.24. The van der Waals surface area contributed by atoms with Crippen LogP contribution in [0.25, 0.3) is 0 Å². The molecule has 0 unspecified atom stereocenters. The second-order valence-electron chi connectivity index (χ2n) is 6.27. The highest BCUT2D eigenvalue weighted by Crippen LogP contribution is 2.36. The van der Waals surface area contributed by atoms with E-state index in [1.54, 1.807) is 18.3 Å². The predicted molar refractivity (Wildman–Crippen MR) is 101 cm³/mol. The molecule has 2 rings (SSSR count). The molecule has 1 aromatic carbocycles. The van der Waals surface area contributed by atoms with E-state index < -0.39 is 27.2 Å². The first kappa shape index (κ1) is 20.2. The number of rotatable bonds is 8. The quantitative estimate of drug-likeness (QED) is 0.711. The number of hydrogen-bond acceptors (Lipinski definition) is 6. The molecule has 0 radical (unpaired) electrons. The molecule has 0 bridgehead atoms. The molecule has 7 nitrogen and oxygen atoms in total. The molecule has 0 spiro atoms. The van der Waals surface area contributed by atoms with Gasteiger partial charge in [0.1, 0.15) is 21.5 Å². The van der Waals surface area contributed by atoms with Crippen molar-refractivity contribution in [3.05, 3.63) is 40.3 Å². The zero-order chi connectivity index (χ0) is 19.4. The fraction of sp³-hybridized carbons (Fsp3) is 0.412. The van der Waals surface area contributed by atoms with Gasteiger partial charge in [0.25, 0.3) is 0 Å². The van der Waals surface area contributed by atoms with E-state index in [9.17, 15) is 13.2 Å². The zero-order valence-corrected chi connectivity index (χ0v) is 16.6. The van der Waals surface area contributed by atoms with Crippen LogP contribution in [0.4, 0.5) is 4.79 Å². The SMILES string of the molecule is CCCOc1ccc(C(C)(C)c2nccs2)cc1S(=O)(=O)CNC(N)=O. The highest BCUT2D eigenvalue weighted by Gasteiger charge is 2.29. The van der Waals surface area contributed by atoms with Gasteiger partial charge in [0, 0.05) is 17.0 Å². The molecular formula is C17H23N3O4S2. The molecule has 2 amide bonds. The first-order chi connectivity index (χ1) is 12.2. The van der Waals surface area contributed by atoms with Crippen molar-refractivity contribution in [2.45, 2.75) is 37.5 Å². The summed E-state index contributed by atoms with van der Waals surface area (Å²) in [4.78, 5) is 15.3. The lowest BCUT2D eigenvalue weighted by Crippen LogP contribution is -2.34. The smallest absolute Gasteiger partial charge is 0.313 e. The maximum Gasteiger partial charge on any atom is 0.313 e. The Hall–Kier alpha value is -2.13. The van der Waals surface area contributed by atoms with Crippen LogP contribution >= 0.6 is 11.3 Å². The summed E-state index contributed by atoms with van der Waals surface area (Å²) in [6.45, 7) is 6.28. The molecule has 0 saturated carbocycles. The van der Waals surface area contributed by atoms with Gasteiger partial charge in [0.2, 0.25) is 0 Å². The molecule has 3 N–H and O–H groups in total. The van der Waals surface area contributed by atoms with Gasteiger partial charge in [0.15, 0.2) is 9.84 Å². The summed E-state index contributed by atoms with van der Waals surface area (Å²) in [5.41, 5.74) is 5.32. The van der Waals surface area contributed by atoms with E-state index in [0.717, 1.165) is 17.0 Å². The van der Waals surface area contributed by atoms with Gasteiger partial charge in [-0.1, -0.05) is 13.0 Å². The number of sulfone groups is 1. The summed E-state index contributed by atoms with van der Waals surface area (Å²) in [5, 5.41) is 4.89. The molecule has 0 aliphatic carbocycles. The van der Waals surface area contributed by atoms with Crippen molar-refractivity contribution in [1.29, 1.82) is 0 Å². The number of nitrogens with zero attached hydrogens (tertiary/aromatic N) is 1. The fourth-order valence-electron chi connectivity index (χ4n) is 2.37. The first-order valence-corrected chi connectivity index (χ1v) is 10.6. The van der Waals surface area contributed by atoms with Gasteiger partial charge in [-0.25, -0.2) is 18.2 Å². The average Bonchev–Trinajstić information content (AvgIpc) is 3.13. The Morgan fingerprint density at radius 1 is 1.38 bits per heavy atom. The van der Waals surface area contributed by atoms with Crippen molar-refractivity contribution in [2.75, 3.05) is 12.5 Å². The van der Waals surface area contributed by atoms with E-state index in [0.29, 0.717) is 6.61 Å². The topological polar surface area (TPSA) is 111 Å². The molecule has 0 saturated heterocycles. The monoisotopic (exact) mass is 397 g/mol. The summed E-state index contributed by atoms with van der Waals surface area (Å²) in [6.07, 6.45) is 2.46. The average molecular weight is 398 g/mol. The number of carbonyl (C=O) groups excluding carboxylic acids is 1. The number of aromatic nitrogens is 1. The minimum absolute atomic E-state index is 0.0295. The van der Waals surface area contributed by atoms with Crippen molar-refractivity contribution in [3.8, 4) is 5.75 Å². The lowest BCUT2D eigenvalue weighted by molar-refractivity contribution is 0.250. The van der Waals surface area contributed by atoms with Gasteiger partial charge in [-0.2, -0.15) is 0 Å². The normalized spacial score (nSPS) is 12.0. The summed E-state index contributed by atoms with van der Waals surface area (Å²) in [5.74, 6) is -0.330. The van der Waals surface area contributed by atoms with Crippen molar-refractivity contribution < 1.29 is 17.9 Å². The fourth-order valence-corrected chi connectivity index (χ4v) is 4.38. The Morgan fingerprint density at radius 2 is 2.12 bits per heavy atom. The molecule has 0 atom stereocenters. The van der Waals surface area contributed by atoms with Gasteiger partial charge < -0.3 is 15.8 Å². The number of nitrogens with two attached hydrogens (primary N) is 1. The predicted octanol–water partition coefficient (Wildman–Crippen LogP) is 2.66. The van der Waals surface area contributed by atoms with Crippen LogP contribution in [0.3, 0.4) is 0 Å². The Balaban J connectivity index is 2.50. The zero-order valence-electron chi connectivity index (χ0n) is 15.0. The maximum absolute atomic E-state index is 12.7. The molecule has 0 aliphatic rings. The van der Waals surface area contributed by atoms with Crippen LogP contribution in [0.5, 0.6) is 5.75 Å². The molecule has 142 valence electrons. The molecule has 0 fully saturated rings. The molecule has 9 heteroatoms. The van der Waals surface area contributed by atoms with Crippen LogP contribution in [0.1, 0.15) is 37.8 Å². The van der Waals surface area contributed by atoms with Gasteiger partial charge in [0.05, 0.1) is 6.61 Å². The Kier molecular flexibility index (Phi) is 6.25. The van der Waals surface area contributed by atoms with Gasteiger partial charge in [-0.15, -0.1) is 11.3 Å². The van der Waals surface area contributed by atoms with E-state index in [-0.39, 0.29) is 10.6 Å². The van der Waals surface area contributed by atoms with Gasteiger partial charge in [-0.05, 0) is 38.0 Å². The Labute approximate surface area is 157 Å². The van der Waals surface area contributed by atoms with Crippen LogP contribution < -0.4 is 15.8 Å². The third-order valence-corrected chi connectivity index (χ3v) is 6.48. The molecular weight excluding hydrogens is 374 g/mol. The van der Waals surface area contributed by atoms with Crippen LogP contribution in [-0.2, 0) is 15.3 Å². The van der Waals surface area contributed by atoms with Crippen molar-refractivity contribution in [1.82, 2.24) is 10.3 Å².